The molecule has 1 heterocycles. The third-order valence-corrected chi connectivity index (χ3v) is 4.98. The fourth-order valence-electron chi connectivity index (χ4n) is 3.17. The predicted octanol–water partition coefficient (Wildman–Crippen LogP) is 2.03. The Kier molecular flexibility index (Phi) is 6.41. The molecule has 0 saturated heterocycles. The van der Waals surface area contributed by atoms with Crippen molar-refractivity contribution < 1.29 is 15.0 Å². The monoisotopic (exact) mass is 394 g/mol. The summed E-state index contributed by atoms with van der Waals surface area (Å²) < 4.78 is 1.74. The van der Waals surface area contributed by atoms with E-state index >= 15 is 0 Å². The lowest BCUT2D eigenvalue weighted by molar-refractivity contribution is -0.122. The highest BCUT2D eigenvalue weighted by Crippen LogP contribution is 2.21. The van der Waals surface area contributed by atoms with Crippen molar-refractivity contribution in [2.45, 2.75) is 32.2 Å². The van der Waals surface area contributed by atoms with Crippen LogP contribution in [0.15, 0.2) is 54.7 Å². The van der Waals surface area contributed by atoms with Gasteiger partial charge >= 0.3 is 0 Å². The van der Waals surface area contributed by atoms with E-state index in [1.807, 2.05) is 61.7 Å². The Bertz CT molecular complexity index is 945. The number of amides is 1. The van der Waals surface area contributed by atoms with E-state index in [9.17, 15) is 15.0 Å². The normalized spacial score (nSPS) is 11.4. The molecule has 3 N–H and O–H groups in total. The summed E-state index contributed by atoms with van der Waals surface area (Å²) in [5.41, 5.74) is 3.89. The number of aryl methyl sites for hydroxylation is 2. The lowest BCUT2D eigenvalue weighted by atomic mass is 9.92. The molecule has 0 fully saturated rings. The van der Waals surface area contributed by atoms with Crippen LogP contribution in [0.5, 0.6) is 0 Å². The van der Waals surface area contributed by atoms with Gasteiger partial charge in [-0.1, -0.05) is 47.2 Å². The minimum Gasteiger partial charge on any atom is -0.394 e. The highest BCUT2D eigenvalue weighted by atomic mass is 16.3. The van der Waals surface area contributed by atoms with Crippen LogP contribution in [-0.4, -0.2) is 49.9 Å². The number of nitrogens with zero attached hydrogens (tertiary/aromatic N) is 3. The molecule has 0 unspecified atom stereocenters. The van der Waals surface area contributed by atoms with Gasteiger partial charge in [0.05, 0.1) is 30.6 Å². The number of carbonyl (C=O) groups is 1. The molecule has 152 valence electrons. The molecule has 7 heteroatoms. The van der Waals surface area contributed by atoms with E-state index in [2.05, 4.69) is 15.6 Å². The Morgan fingerprint density at radius 1 is 1.07 bits per heavy atom. The fraction of sp³-hybridized carbons (Fsp3) is 0.318. The van der Waals surface area contributed by atoms with Crippen LogP contribution < -0.4 is 5.32 Å². The molecule has 0 saturated carbocycles. The van der Waals surface area contributed by atoms with Gasteiger partial charge in [-0.2, -0.15) is 0 Å². The fourth-order valence-corrected chi connectivity index (χ4v) is 3.17. The van der Waals surface area contributed by atoms with Crippen LogP contribution in [-0.2, 0) is 11.2 Å². The molecule has 0 aliphatic carbocycles. The van der Waals surface area contributed by atoms with E-state index in [-0.39, 0.29) is 19.1 Å². The standard InChI is InChI=1S/C22H26N4O3/c1-16-3-9-20(10-4-16)26-13-21(24-25-26)19-7-5-18(6-8-19)11-12-22(14-27,15-28)23-17(2)29/h3-10,13,27-28H,11-12,14-15H2,1-2H3,(H,23,29). The molecule has 3 aromatic rings. The van der Waals surface area contributed by atoms with Gasteiger partial charge in [0.15, 0.2) is 0 Å². The van der Waals surface area contributed by atoms with Gasteiger partial charge in [0, 0.05) is 12.5 Å². The number of nitrogens with one attached hydrogen (secondary N) is 1. The van der Waals surface area contributed by atoms with Crippen LogP contribution in [0.25, 0.3) is 16.9 Å². The molecule has 1 amide bonds. The van der Waals surface area contributed by atoms with Crippen molar-refractivity contribution >= 4 is 5.91 Å². The Labute approximate surface area is 170 Å². The predicted molar refractivity (Wildman–Crippen MR) is 111 cm³/mol. The Hall–Kier alpha value is -3.03. The van der Waals surface area contributed by atoms with E-state index in [0.717, 1.165) is 22.5 Å². The topological polar surface area (TPSA) is 100 Å². The second kappa shape index (κ2) is 8.98. The molecule has 0 atom stereocenters. The second-order valence-electron chi connectivity index (χ2n) is 7.36. The van der Waals surface area contributed by atoms with Gasteiger partial charge in [-0.05, 0) is 37.5 Å². The minimum atomic E-state index is -1.01. The van der Waals surface area contributed by atoms with Crippen molar-refractivity contribution in [2.24, 2.45) is 0 Å². The first-order valence-corrected chi connectivity index (χ1v) is 9.54. The maximum absolute atomic E-state index is 11.4. The van der Waals surface area contributed by atoms with Crippen molar-refractivity contribution in [3.05, 3.63) is 65.9 Å². The van der Waals surface area contributed by atoms with E-state index < -0.39 is 5.54 Å². The van der Waals surface area contributed by atoms with Crippen molar-refractivity contribution in [1.29, 1.82) is 0 Å². The van der Waals surface area contributed by atoms with Crippen LogP contribution in [0.2, 0.25) is 0 Å². The third kappa shape index (κ3) is 5.07. The molecular formula is C22H26N4O3. The molecule has 0 bridgehead atoms. The molecule has 29 heavy (non-hydrogen) atoms. The summed E-state index contributed by atoms with van der Waals surface area (Å²) in [7, 11) is 0. The number of hydrogen-bond donors (Lipinski definition) is 3. The Morgan fingerprint density at radius 2 is 1.72 bits per heavy atom. The summed E-state index contributed by atoms with van der Waals surface area (Å²) in [6, 6.07) is 16.0. The number of aliphatic hydroxyl groups is 2. The van der Waals surface area contributed by atoms with Crippen LogP contribution in [0, 0.1) is 6.92 Å². The first kappa shape index (κ1) is 20.7. The maximum Gasteiger partial charge on any atom is 0.217 e. The lowest BCUT2D eigenvalue weighted by Crippen LogP contribution is -2.53. The Balaban J connectivity index is 1.69. The molecule has 0 aliphatic heterocycles. The number of carbonyl (C=O) groups excluding carboxylic acids is 1. The van der Waals surface area contributed by atoms with E-state index in [1.165, 1.54) is 12.5 Å². The zero-order chi connectivity index (χ0) is 20.9. The molecule has 7 nitrogen and oxygen atoms in total. The van der Waals surface area contributed by atoms with Gasteiger partial charge < -0.3 is 15.5 Å². The van der Waals surface area contributed by atoms with Crippen molar-refractivity contribution in [2.75, 3.05) is 13.2 Å². The quantitative estimate of drug-likeness (QED) is 0.543. The maximum atomic E-state index is 11.4. The summed E-state index contributed by atoms with van der Waals surface area (Å²) in [6.07, 6.45) is 2.93. The first-order chi connectivity index (χ1) is 13.9. The smallest absolute Gasteiger partial charge is 0.217 e. The zero-order valence-electron chi connectivity index (χ0n) is 16.7. The van der Waals surface area contributed by atoms with Crippen molar-refractivity contribution in [3.8, 4) is 16.9 Å². The number of benzene rings is 2. The van der Waals surface area contributed by atoms with E-state index in [1.54, 1.807) is 4.68 Å². The molecule has 0 aliphatic rings. The Morgan fingerprint density at radius 3 is 2.31 bits per heavy atom. The third-order valence-electron chi connectivity index (χ3n) is 4.98. The van der Waals surface area contributed by atoms with Crippen LogP contribution in [0.3, 0.4) is 0 Å². The average Bonchev–Trinajstić information content (AvgIpc) is 3.22. The summed E-state index contributed by atoms with van der Waals surface area (Å²) in [6.45, 7) is 2.78. The number of hydrogen-bond acceptors (Lipinski definition) is 5. The largest absolute Gasteiger partial charge is 0.394 e. The molecule has 0 radical (unpaired) electrons. The summed E-state index contributed by atoms with van der Waals surface area (Å²) in [4.78, 5) is 11.4. The molecular weight excluding hydrogens is 368 g/mol. The molecule has 1 aromatic heterocycles. The average molecular weight is 394 g/mol. The number of aromatic nitrogens is 3. The first-order valence-electron chi connectivity index (χ1n) is 9.54. The van der Waals surface area contributed by atoms with Crippen molar-refractivity contribution in [3.63, 3.8) is 0 Å². The molecule has 0 spiro atoms. The van der Waals surface area contributed by atoms with Gasteiger partial charge in [0.2, 0.25) is 5.91 Å². The second-order valence-corrected chi connectivity index (χ2v) is 7.36. The van der Waals surface area contributed by atoms with Gasteiger partial charge in [-0.25, -0.2) is 4.68 Å². The van der Waals surface area contributed by atoms with E-state index in [0.29, 0.717) is 12.8 Å². The number of aliphatic hydroxyl groups excluding tert-OH is 2. The van der Waals surface area contributed by atoms with Crippen LogP contribution in [0.4, 0.5) is 0 Å². The van der Waals surface area contributed by atoms with Crippen molar-refractivity contribution in [1.82, 2.24) is 20.3 Å². The summed E-state index contributed by atoms with van der Waals surface area (Å²) >= 11 is 0. The highest BCUT2D eigenvalue weighted by Gasteiger charge is 2.29. The highest BCUT2D eigenvalue weighted by molar-refractivity contribution is 5.73. The van der Waals surface area contributed by atoms with Gasteiger partial charge in [-0.3, -0.25) is 4.79 Å². The lowest BCUT2D eigenvalue weighted by Gasteiger charge is -2.30. The van der Waals surface area contributed by atoms with Gasteiger partial charge in [0.1, 0.15) is 5.69 Å². The molecule has 3 rings (SSSR count). The summed E-state index contributed by atoms with van der Waals surface area (Å²) in [5.74, 6) is -0.278. The van der Waals surface area contributed by atoms with Gasteiger partial charge in [-0.15, -0.1) is 5.10 Å². The zero-order valence-corrected chi connectivity index (χ0v) is 16.7. The molecule has 2 aromatic carbocycles. The van der Waals surface area contributed by atoms with E-state index in [4.69, 9.17) is 0 Å². The SMILES string of the molecule is CC(=O)NC(CO)(CO)CCc1ccc(-c2cn(-c3ccc(C)cc3)nn2)cc1. The van der Waals surface area contributed by atoms with Crippen LogP contribution >= 0.6 is 0 Å². The van der Waals surface area contributed by atoms with Crippen LogP contribution in [0.1, 0.15) is 24.5 Å². The number of rotatable bonds is 8. The summed E-state index contributed by atoms with van der Waals surface area (Å²) in [5, 5.41) is 30.4. The minimum absolute atomic E-state index is 0.278. The van der Waals surface area contributed by atoms with Gasteiger partial charge in [0.25, 0.3) is 0 Å².